The number of carbonyl (C=O) groups excluding carboxylic acids is 1. The molecule has 0 spiro atoms. The lowest BCUT2D eigenvalue weighted by atomic mass is 10.0. The summed E-state index contributed by atoms with van der Waals surface area (Å²) in [5, 5.41) is 14.2. The minimum atomic E-state index is -0.238. The molecule has 2 rings (SSSR count). The van der Waals surface area contributed by atoms with Crippen molar-refractivity contribution in [3.05, 3.63) is 23.8 Å². The van der Waals surface area contributed by atoms with E-state index in [1.807, 2.05) is 18.2 Å². The van der Waals surface area contributed by atoms with E-state index in [9.17, 15) is 4.79 Å². The van der Waals surface area contributed by atoms with Crippen molar-refractivity contribution in [2.75, 3.05) is 26.9 Å². The number of urea groups is 1. The van der Waals surface area contributed by atoms with Crippen LogP contribution in [0.15, 0.2) is 18.2 Å². The van der Waals surface area contributed by atoms with Crippen molar-refractivity contribution in [2.45, 2.75) is 18.9 Å². The van der Waals surface area contributed by atoms with Gasteiger partial charge in [-0.2, -0.15) is 0 Å². The van der Waals surface area contributed by atoms with Gasteiger partial charge in [0.2, 0.25) is 0 Å². The summed E-state index contributed by atoms with van der Waals surface area (Å²) in [6, 6.07) is 5.43. The van der Waals surface area contributed by atoms with Crippen LogP contribution < -0.4 is 20.1 Å². The summed E-state index contributed by atoms with van der Waals surface area (Å²) >= 11 is 0. The average molecular weight is 280 g/mol. The second-order valence-corrected chi connectivity index (χ2v) is 4.64. The first-order valence-corrected chi connectivity index (χ1v) is 6.68. The lowest BCUT2D eigenvalue weighted by Crippen LogP contribution is -2.47. The number of hydrogen-bond acceptors (Lipinski definition) is 4. The molecule has 0 saturated heterocycles. The molecule has 0 aromatic heterocycles. The minimum Gasteiger partial charge on any atom is -0.493 e. The Hall–Kier alpha value is -1.95. The van der Waals surface area contributed by atoms with Crippen molar-refractivity contribution in [1.29, 1.82) is 0 Å². The van der Waals surface area contributed by atoms with Crippen LogP contribution in [0, 0.1) is 0 Å². The van der Waals surface area contributed by atoms with Gasteiger partial charge in [-0.25, -0.2) is 4.79 Å². The van der Waals surface area contributed by atoms with Crippen molar-refractivity contribution in [2.24, 2.45) is 0 Å². The lowest BCUT2D eigenvalue weighted by molar-refractivity contribution is 0.209. The van der Waals surface area contributed by atoms with Crippen LogP contribution >= 0.6 is 0 Å². The Morgan fingerprint density at radius 2 is 2.40 bits per heavy atom. The molecule has 1 heterocycles. The molecule has 1 unspecified atom stereocenters. The van der Waals surface area contributed by atoms with Crippen LogP contribution in [0.5, 0.6) is 11.5 Å². The highest BCUT2D eigenvalue weighted by Gasteiger charge is 2.23. The highest BCUT2D eigenvalue weighted by Crippen LogP contribution is 2.34. The maximum absolute atomic E-state index is 11.6. The van der Waals surface area contributed by atoms with Gasteiger partial charge in [-0.1, -0.05) is 12.1 Å². The molecular formula is C14H20N2O4. The van der Waals surface area contributed by atoms with Gasteiger partial charge in [-0.15, -0.1) is 0 Å². The molecule has 2 amide bonds. The van der Waals surface area contributed by atoms with Crippen LogP contribution in [-0.2, 0) is 6.42 Å². The van der Waals surface area contributed by atoms with E-state index in [0.717, 1.165) is 11.3 Å². The summed E-state index contributed by atoms with van der Waals surface area (Å²) in [7, 11) is 1.61. The second-order valence-electron chi connectivity index (χ2n) is 4.64. The third kappa shape index (κ3) is 3.54. The molecule has 1 aliphatic rings. The minimum absolute atomic E-state index is 0.0660. The third-order valence-corrected chi connectivity index (χ3v) is 3.13. The quantitative estimate of drug-likeness (QED) is 0.693. The number of fused-ring (bicyclic) bond motifs is 1. The number of rotatable bonds is 5. The van der Waals surface area contributed by atoms with Gasteiger partial charge in [0.15, 0.2) is 11.5 Å². The fourth-order valence-electron chi connectivity index (χ4n) is 2.16. The van der Waals surface area contributed by atoms with E-state index in [2.05, 4.69) is 10.6 Å². The highest BCUT2D eigenvalue weighted by atomic mass is 16.5. The topological polar surface area (TPSA) is 79.8 Å². The van der Waals surface area contributed by atoms with Crippen LogP contribution in [-0.4, -0.2) is 44.0 Å². The molecule has 0 bridgehead atoms. The summed E-state index contributed by atoms with van der Waals surface area (Å²) in [4.78, 5) is 11.6. The zero-order chi connectivity index (χ0) is 14.4. The Morgan fingerprint density at radius 3 is 3.15 bits per heavy atom. The van der Waals surface area contributed by atoms with E-state index in [1.54, 1.807) is 7.11 Å². The maximum atomic E-state index is 11.6. The molecule has 20 heavy (non-hydrogen) atoms. The molecule has 0 aliphatic carbocycles. The number of ether oxygens (including phenoxy) is 2. The fourth-order valence-corrected chi connectivity index (χ4v) is 2.16. The number of amides is 2. The van der Waals surface area contributed by atoms with Gasteiger partial charge in [0.1, 0.15) is 6.61 Å². The number of carbonyl (C=O) groups is 1. The molecule has 1 aromatic carbocycles. The monoisotopic (exact) mass is 280 g/mol. The number of para-hydroxylation sites is 1. The van der Waals surface area contributed by atoms with Gasteiger partial charge >= 0.3 is 6.03 Å². The van der Waals surface area contributed by atoms with E-state index in [1.165, 1.54) is 0 Å². The van der Waals surface area contributed by atoms with Crippen LogP contribution in [0.3, 0.4) is 0 Å². The molecular weight excluding hydrogens is 260 g/mol. The highest BCUT2D eigenvalue weighted by molar-refractivity contribution is 5.74. The number of methoxy groups -OCH3 is 1. The molecule has 110 valence electrons. The van der Waals surface area contributed by atoms with Crippen molar-refractivity contribution in [1.82, 2.24) is 10.6 Å². The second kappa shape index (κ2) is 7.00. The molecule has 0 saturated carbocycles. The van der Waals surface area contributed by atoms with Crippen molar-refractivity contribution < 1.29 is 19.4 Å². The van der Waals surface area contributed by atoms with Crippen molar-refractivity contribution in [3.63, 3.8) is 0 Å². The first-order chi connectivity index (χ1) is 9.74. The number of hydrogen-bond donors (Lipinski definition) is 3. The van der Waals surface area contributed by atoms with Crippen molar-refractivity contribution in [3.8, 4) is 11.5 Å². The van der Waals surface area contributed by atoms with Gasteiger partial charge in [0.05, 0.1) is 13.2 Å². The molecule has 1 atom stereocenters. The van der Waals surface area contributed by atoms with Crippen LogP contribution in [0.4, 0.5) is 4.79 Å². The van der Waals surface area contributed by atoms with Crippen LogP contribution in [0.2, 0.25) is 0 Å². The van der Waals surface area contributed by atoms with E-state index in [4.69, 9.17) is 14.6 Å². The largest absolute Gasteiger partial charge is 0.493 e. The van der Waals surface area contributed by atoms with Crippen LogP contribution in [0.1, 0.15) is 12.0 Å². The number of benzene rings is 1. The van der Waals surface area contributed by atoms with Gasteiger partial charge in [-0.05, 0) is 18.9 Å². The van der Waals surface area contributed by atoms with E-state index < -0.39 is 0 Å². The SMILES string of the molecule is COc1cccc2c1OCC(NC(=O)NCCCO)C2. The zero-order valence-corrected chi connectivity index (χ0v) is 11.5. The Balaban J connectivity index is 1.89. The Kier molecular flexibility index (Phi) is 5.06. The van der Waals surface area contributed by atoms with Crippen molar-refractivity contribution >= 4 is 6.03 Å². The summed E-state index contributed by atoms with van der Waals surface area (Å²) < 4.78 is 10.9. The molecule has 6 nitrogen and oxygen atoms in total. The van der Waals surface area contributed by atoms with Gasteiger partial charge < -0.3 is 25.2 Å². The number of aliphatic hydroxyl groups is 1. The average Bonchev–Trinajstić information content (AvgIpc) is 2.46. The molecule has 3 N–H and O–H groups in total. The molecule has 0 radical (unpaired) electrons. The smallest absolute Gasteiger partial charge is 0.315 e. The van der Waals surface area contributed by atoms with Gasteiger partial charge in [0.25, 0.3) is 0 Å². The van der Waals surface area contributed by atoms with E-state index in [0.29, 0.717) is 31.7 Å². The Bertz CT molecular complexity index is 464. The molecule has 1 aliphatic heterocycles. The predicted molar refractivity (Wildman–Crippen MR) is 74.2 cm³/mol. The summed E-state index contributed by atoms with van der Waals surface area (Å²) in [6.45, 7) is 0.946. The third-order valence-electron chi connectivity index (χ3n) is 3.13. The number of nitrogens with one attached hydrogen (secondary N) is 2. The fraction of sp³-hybridized carbons (Fsp3) is 0.500. The normalized spacial score (nSPS) is 16.8. The zero-order valence-electron chi connectivity index (χ0n) is 11.5. The standard InChI is InChI=1S/C14H20N2O4/c1-19-12-5-2-4-10-8-11(9-20-13(10)12)16-14(18)15-6-3-7-17/h2,4-5,11,17H,3,6-9H2,1H3,(H2,15,16,18). The lowest BCUT2D eigenvalue weighted by Gasteiger charge is -2.27. The summed E-state index contributed by atoms with van der Waals surface area (Å²) in [5.74, 6) is 1.47. The summed E-state index contributed by atoms with van der Waals surface area (Å²) in [6.07, 6.45) is 1.26. The first kappa shape index (κ1) is 14.5. The Morgan fingerprint density at radius 1 is 1.55 bits per heavy atom. The van der Waals surface area contributed by atoms with E-state index in [-0.39, 0.29) is 18.7 Å². The molecule has 1 aromatic rings. The van der Waals surface area contributed by atoms with Crippen LogP contribution in [0.25, 0.3) is 0 Å². The molecule has 6 heteroatoms. The summed E-state index contributed by atoms with van der Waals surface area (Å²) in [5.41, 5.74) is 1.02. The van der Waals surface area contributed by atoms with Gasteiger partial charge in [0, 0.05) is 18.7 Å². The predicted octanol–water partition coefficient (Wildman–Crippen LogP) is 0.680. The van der Waals surface area contributed by atoms with Gasteiger partial charge in [-0.3, -0.25) is 0 Å². The maximum Gasteiger partial charge on any atom is 0.315 e. The molecule has 0 fully saturated rings. The number of aliphatic hydroxyl groups excluding tert-OH is 1. The first-order valence-electron chi connectivity index (χ1n) is 6.68. The Labute approximate surface area is 118 Å². The van der Waals surface area contributed by atoms with E-state index >= 15 is 0 Å².